The van der Waals surface area contributed by atoms with Gasteiger partial charge in [-0.3, -0.25) is 9.69 Å². The van der Waals surface area contributed by atoms with Crippen molar-refractivity contribution in [3.8, 4) is 0 Å². The van der Waals surface area contributed by atoms with Crippen LogP contribution in [0.15, 0.2) is 24.3 Å². The van der Waals surface area contributed by atoms with Crippen LogP contribution in [0.1, 0.15) is 6.92 Å². The van der Waals surface area contributed by atoms with Crippen molar-refractivity contribution in [1.29, 1.82) is 0 Å². The zero-order chi connectivity index (χ0) is 10.5. The van der Waals surface area contributed by atoms with E-state index in [2.05, 4.69) is 5.32 Å². The van der Waals surface area contributed by atoms with Crippen LogP contribution in [0.25, 0.3) is 0 Å². The number of hydrogen-bond acceptors (Lipinski definition) is 3. The summed E-state index contributed by atoms with van der Waals surface area (Å²) in [5.41, 5.74) is 1.53. The summed E-state index contributed by atoms with van der Waals surface area (Å²) in [5, 5.41) is 3.32. The second-order valence-corrected chi connectivity index (χ2v) is 4.14. The van der Waals surface area contributed by atoms with Crippen molar-refractivity contribution in [3.05, 3.63) is 24.3 Å². The fourth-order valence-electron chi connectivity index (χ4n) is 2.30. The summed E-state index contributed by atoms with van der Waals surface area (Å²) in [6.45, 7) is 2.67. The molecule has 0 bridgehead atoms. The summed E-state index contributed by atoms with van der Waals surface area (Å²) < 4.78 is 5.28. The number of carbonyl (C=O) groups is 1. The Hall–Kier alpha value is -1.55. The van der Waals surface area contributed by atoms with Crippen molar-refractivity contribution in [1.82, 2.24) is 0 Å². The second kappa shape index (κ2) is 2.73. The first-order valence-electron chi connectivity index (χ1n) is 4.99. The lowest BCUT2D eigenvalue weighted by Crippen LogP contribution is -2.59. The Balaban J connectivity index is 2.13. The number of rotatable bonds is 0. The van der Waals surface area contributed by atoms with Gasteiger partial charge in [0, 0.05) is 0 Å². The van der Waals surface area contributed by atoms with E-state index in [1.54, 1.807) is 4.90 Å². The maximum atomic E-state index is 11.8. The molecular weight excluding hydrogens is 192 g/mol. The van der Waals surface area contributed by atoms with Crippen molar-refractivity contribution >= 4 is 17.3 Å². The average Bonchev–Trinajstić information content (AvgIpc) is 2.50. The largest absolute Gasteiger partial charge is 0.367 e. The number of nitrogens with zero attached hydrogens (tertiary/aromatic N) is 1. The number of nitrogens with one attached hydrogen (secondary N) is 1. The molecule has 4 nitrogen and oxygen atoms in total. The van der Waals surface area contributed by atoms with Crippen LogP contribution < -0.4 is 10.2 Å². The molecule has 1 aromatic carbocycles. The standard InChI is InChI=1S/C11H12N2O2/c1-11-7-15-6-10(14)13(11)9-5-3-2-4-8(9)12-11/h2-5,12H,6-7H2,1H3. The van der Waals surface area contributed by atoms with Crippen LogP contribution >= 0.6 is 0 Å². The van der Waals surface area contributed by atoms with Gasteiger partial charge in [-0.15, -0.1) is 0 Å². The van der Waals surface area contributed by atoms with Gasteiger partial charge in [0.25, 0.3) is 5.91 Å². The van der Waals surface area contributed by atoms with E-state index in [0.29, 0.717) is 6.61 Å². The summed E-state index contributed by atoms with van der Waals surface area (Å²) in [4.78, 5) is 13.6. The molecule has 78 valence electrons. The highest BCUT2D eigenvalue weighted by atomic mass is 16.5. The van der Waals surface area contributed by atoms with Crippen LogP contribution in [0, 0.1) is 0 Å². The third-order valence-electron chi connectivity index (χ3n) is 2.90. The van der Waals surface area contributed by atoms with Crippen LogP contribution in [0.5, 0.6) is 0 Å². The van der Waals surface area contributed by atoms with E-state index in [9.17, 15) is 4.79 Å². The van der Waals surface area contributed by atoms with Gasteiger partial charge in [-0.25, -0.2) is 0 Å². The van der Waals surface area contributed by atoms with Gasteiger partial charge in [-0.05, 0) is 19.1 Å². The fourth-order valence-corrected chi connectivity index (χ4v) is 2.30. The molecule has 0 radical (unpaired) electrons. The SMILES string of the molecule is CC12COCC(=O)N1c1ccccc1N2. The molecule has 1 aromatic rings. The van der Waals surface area contributed by atoms with Crippen LogP contribution in [0.4, 0.5) is 11.4 Å². The first-order chi connectivity index (χ1) is 7.21. The predicted molar refractivity (Wildman–Crippen MR) is 56.8 cm³/mol. The minimum absolute atomic E-state index is 0.0150. The second-order valence-electron chi connectivity index (χ2n) is 4.14. The average molecular weight is 204 g/mol. The van der Waals surface area contributed by atoms with Crippen molar-refractivity contribution < 1.29 is 9.53 Å². The van der Waals surface area contributed by atoms with E-state index in [0.717, 1.165) is 11.4 Å². The number of fused-ring (bicyclic) bond motifs is 3. The van der Waals surface area contributed by atoms with Gasteiger partial charge >= 0.3 is 0 Å². The maximum absolute atomic E-state index is 11.8. The highest BCUT2D eigenvalue weighted by molar-refractivity contribution is 6.02. The Morgan fingerprint density at radius 2 is 2.27 bits per heavy atom. The lowest BCUT2D eigenvalue weighted by atomic mass is 10.1. The van der Waals surface area contributed by atoms with Gasteiger partial charge in [0.15, 0.2) is 0 Å². The maximum Gasteiger partial charge on any atom is 0.255 e. The van der Waals surface area contributed by atoms with Crippen LogP contribution in [-0.4, -0.2) is 24.8 Å². The summed E-state index contributed by atoms with van der Waals surface area (Å²) in [5.74, 6) is 0.0150. The highest BCUT2D eigenvalue weighted by Crippen LogP contribution is 2.41. The van der Waals surface area contributed by atoms with Crippen LogP contribution in [0.2, 0.25) is 0 Å². The van der Waals surface area contributed by atoms with E-state index in [1.807, 2.05) is 31.2 Å². The lowest BCUT2D eigenvalue weighted by Gasteiger charge is -2.38. The van der Waals surface area contributed by atoms with E-state index in [-0.39, 0.29) is 12.5 Å². The molecule has 0 saturated carbocycles. The quantitative estimate of drug-likeness (QED) is 0.690. The molecule has 1 unspecified atom stereocenters. The monoisotopic (exact) mass is 204 g/mol. The third kappa shape index (κ3) is 1.08. The van der Waals surface area contributed by atoms with Crippen molar-refractivity contribution in [2.24, 2.45) is 0 Å². The Morgan fingerprint density at radius 1 is 1.47 bits per heavy atom. The molecule has 1 saturated heterocycles. The van der Waals surface area contributed by atoms with E-state index >= 15 is 0 Å². The molecule has 0 aromatic heterocycles. The van der Waals surface area contributed by atoms with E-state index in [4.69, 9.17) is 4.74 Å². The van der Waals surface area contributed by atoms with E-state index in [1.165, 1.54) is 0 Å². The Bertz CT molecular complexity index is 432. The fraction of sp³-hybridized carbons (Fsp3) is 0.364. The van der Waals surface area contributed by atoms with Gasteiger partial charge in [0.05, 0.1) is 18.0 Å². The number of ether oxygens (including phenoxy) is 1. The molecule has 4 heteroatoms. The molecular formula is C11H12N2O2. The molecule has 0 aliphatic carbocycles. The van der Waals surface area contributed by atoms with Crippen molar-refractivity contribution in [2.45, 2.75) is 12.6 Å². The van der Waals surface area contributed by atoms with Crippen LogP contribution in [0.3, 0.4) is 0 Å². The molecule has 0 spiro atoms. The Labute approximate surface area is 87.8 Å². The van der Waals surface area contributed by atoms with Crippen molar-refractivity contribution in [2.75, 3.05) is 23.4 Å². The summed E-state index contributed by atoms with van der Waals surface area (Å²) in [7, 11) is 0. The van der Waals surface area contributed by atoms with Gasteiger partial charge in [-0.1, -0.05) is 12.1 Å². The zero-order valence-electron chi connectivity index (χ0n) is 8.49. The number of carbonyl (C=O) groups excluding carboxylic acids is 1. The van der Waals surface area contributed by atoms with Gasteiger partial charge in [-0.2, -0.15) is 0 Å². The number of benzene rings is 1. The van der Waals surface area contributed by atoms with Crippen LogP contribution in [-0.2, 0) is 9.53 Å². The summed E-state index contributed by atoms with van der Waals surface area (Å²) >= 11 is 0. The Kier molecular flexibility index (Phi) is 1.59. The minimum Gasteiger partial charge on any atom is -0.367 e. The molecule has 2 aliphatic rings. The number of morpholine rings is 1. The first-order valence-corrected chi connectivity index (χ1v) is 4.99. The Morgan fingerprint density at radius 3 is 3.13 bits per heavy atom. The predicted octanol–water partition coefficient (Wildman–Crippen LogP) is 1.19. The molecule has 2 aliphatic heterocycles. The zero-order valence-corrected chi connectivity index (χ0v) is 8.49. The van der Waals surface area contributed by atoms with E-state index < -0.39 is 5.66 Å². The third-order valence-corrected chi connectivity index (χ3v) is 2.90. The minimum atomic E-state index is -0.418. The lowest BCUT2D eigenvalue weighted by molar-refractivity contribution is -0.128. The van der Waals surface area contributed by atoms with Crippen molar-refractivity contribution in [3.63, 3.8) is 0 Å². The number of hydrogen-bond donors (Lipinski definition) is 1. The number of para-hydroxylation sites is 2. The molecule has 1 atom stereocenters. The summed E-state index contributed by atoms with van der Waals surface area (Å²) in [6, 6.07) is 7.83. The molecule has 3 rings (SSSR count). The molecule has 15 heavy (non-hydrogen) atoms. The number of amides is 1. The molecule has 1 fully saturated rings. The summed E-state index contributed by atoms with van der Waals surface area (Å²) in [6.07, 6.45) is 0. The number of anilines is 2. The topological polar surface area (TPSA) is 41.6 Å². The van der Waals surface area contributed by atoms with Gasteiger partial charge in [0.2, 0.25) is 0 Å². The highest BCUT2D eigenvalue weighted by Gasteiger charge is 2.45. The van der Waals surface area contributed by atoms with Gasteiger partial charge < -0.3 is 10.1 Å². The first kappa shape index (κ1) is 8.73. The molecule has 2 heterocycles. The van der Waals surface area contributed by atoms with Gasteiger partial charge in [0.1, 0.15) is 12.3 Å². The molecule has 1 amide bonds. The normalized spacial score (nSPS) is 28.3. The molecule has 1 N–H and O–H groups in total. The smallest absolute Gasteiger partial charge is 0.255 e.